The van der Waals surface area contributed by atoms with Crippen LogP contribution in [0.25, 0.3) is 0 Å². The molecule has 0 aliphatic carbocycles. The summed E-state index contributed by atoms with van der Waals surface area (Å²) in [5.74, 6) is -3.24. The number of aryl methyl sites for hydroxylation is 1. The molecular weight excluding hydrogens is 255 g/mol. The Morgan fingerprint density at radius 1 is 1.05 bits per heavy atom. The van der Waals surface area contributed by atoms with Crippen molar-refractivity contribution in [2.45, 2.75) is 6.92 Å². The summed E-state index contributed by atoms with van der Waals surface area (Å²) < 4.78 is 39.0. The Kier molecular flexibility index (Phi) is 3.55. The molecule has 2 aromatic carbocycles. The average molecular weight is 265 g/mol. The van der Waals surface area contributed by atoms with E-state index in [2.05, 4.69) is 5.32 Å². The standard InChI is InChI=1S/C14H10F3NO/c1-8-5-12(16)13(17)7-11(8)14(19)18-10-4-2-3-9(15)6-10/h2-7H,1H3,(H,18,19). The van der Waals surface area contributed by atoms with Crippen molar-refractivity contribution in [2.24, 2.45) is 0 Å². The molecule has 0 saturated carbocycles. The van der Waals surface area contributed by atoms with Crippen LogP contribution in [0.15, 0.2) is 36.4 Å². The first-order valence-electron chi connectivity index (χ1n) is 5.50. The maximum absolute atomic E-state index is 13.1. The molecule has 5 heteroatoms. The third-order valence-corrected chi connectivity index (χ3v) is 2.59. The van der Waals surface area contributed by atoms with Crippen molar-refractivity contribution in [3.05, 3.63) is 65.0 Å². The fraction of sp³-hybridized carbons (Fsp3) is 0.0714. The van der Waals surface area contributed by atoms with Crippen molar-refractivity contribution in [3.8, 4) is 0 Å². The molecule has 1 N–H and O–H groups in total. The smallest absolute Gasteiger partial charge is 0.256 e. The zero-order valence-electron chi connectivity index (χ0n) is 10.0. The summed E-state index contributed by atoms with van der Waals surface area (Å²) in [6, 6.07) is 7.06. The molecule has 0 saturated heterocycles. The molecule has 1 amide bonds. The highest BCUT2D eigenvalue weighted by atomic mass is 19.2. The van der Waals surface area contributed by atoms with Crippen LogP contribution in [0, 0.1) is 24.4 Å². The van der Waals surface area contributed by atoms with Gasteiger partial charge in [0.2, 0.25) is 0 Å². The third kappa shape index (κ3) is 2.93. The van der Waals surface area contributed by atoms with E-state index < -0.39 is 23.4 Å². The molecule has 98 valence electrons. The van der Waals surface area contributed by atoms with Gasteiger partial charge in [-0.05, 0) is 42.8 Å². The largest absolute Gasteiger partial charge is 0.322 e. The number of hydrogen-bond acceptors (Lipinski definition) is 1. The number of carbonyl (C=O) groups excluding carboxylic acids is 1. The molecule has 0 spiro atoms. The Bertz CT molecular complexity index is 641. The SMILES string of the molecule is Cc1cc(F)c(F)cc1C(=O)Nc1cccc(F)c1. The highest BCUT2D eigenvalue weighted by Crippen LogP contribution is 2.17. The third-order valence-electron chi connectivity index (χ3n) is 2.59. The van der Waals surface area contributed by atoms with Gasteiger partial charge >= 0.3 is 0 Å². The van der Waals surface area contributed by atoms with Gasteiger partial charge in [0.05, 0.1) is 0 Å². The molecule has 0 aliphatic heterocycles. The summed E-state index contributed by atoms with van der Waals surface area (Å²) in [5.41, 5.74) is 0.546. The minimum atomic E-state index is -1.10. The van der Waals surface area contributed by atoms with Crippen molar-refractivity contribution in [1.29, 1.82) is 0 Å². The van der Waals surface area contributed by atoms with Gasteiger partial charge in [-0.25, -0.2) is 13.2 Å². The number of halogens is 3. The lowest BCUT2D eigenvalue weighted by molar-refractivity contribution is 0.102. The number of rotatable bonds is 2. The Hall–Kier alpha value is -2.30. The maximum atomic E-state index is 13.1. The Morgan fingerprint density at radius 2 is 1.74 bits per heavy atom. The van der Waals surface area contributed by atoms with E-state index in [1.807, 2.05) is 0 Å². The van der Waals surface area contributed by atoms with E-state index in [0.29, 0.717) is 5.56 Å². The van der Waals surface area contributed by atoms with Crippen LogP contribution >= 0.6 is 0 Å². The van der Waals surface area contributed by atoms with E-state index in [4.69, 9.17) is 0 Å². The van der Waals surface area contributed by atoms with Gasteiger partial charge in [-0.2, -0.15) is 0 Å². The van der Waals surface area contributed by atoms with E-state index >= 15 is 0 Å². The first-order chi connectivity index (χ1) is 8.97. The van der Waals surface area contributed by atoms with Gasteiger partial charge in [0.25, 0.3) is 5.91 Å². The summed E-state index contributed by atoms with van der Waals surface area (Å²) in [7, 11) is 0. The Balaban J connectivity index is 2.28. The highest BCUT2D eigenvalue weighted by Gasteiger charge is 2.13. The molecule has 2 rings (SSSR count). The molecule has 0 radical (unpaired) electrons. The lowest BCUT2D eigenvalue weighted by atomic mass is 10.1. The van der Waals surface area contributed by atoms with Crippen LogP contribution in [0.5, 0.6) is 0 Å². The van der Waals surface area contributed by atoms with Crippen molar-refractivity contribution < 1.29 is 18.0 Å². The zero-order valence-corrected chi connectivity index (χ0v) is 10.0. The average Bonchev–Trinajstić information content (AvgIpc) is 2.33. The molecule has 19 heavy (non-hydrogen) atoms. The van der Waals surface area contributed by atoms with Gasteiger partial charge in [-0.3, -0.25) is 4.79 Å². The van der Waals surface area contributed by atoms with Gasteiger partial charge in [-0.1, -0.05) is 6.07 Å². The molecule has 2 aromatic rings. The first kappa shape index (κ1) is 13.1. The lowest BCUT2D eigenvalue weighted by Crippen LogP contribution is -2.14. The molecule has 0 aromatic heterocycles. The Labute approximate surface area is 107 Å². The number of benzene rings is 2. The lowest BCUT2D eigenvalue weighted by Gasteiger charge is -2.08. The number of carbonyl (C=O) groups is 1. The summed E-state index contributed by atoms with van der Waals surface area (Å²) in [6.45, 7) is 1.49. The quantitative estimate of drug-likeness (QED) is 0.882. The van der Waals surface area contributed by atoms with E-state index in [9.17, 15) is 18.0 Å². The van der Waals surface area contributed by atoms with Crippen molar-refractivity contribution in [2.75, 3.05) is 5.32 Å². The van der Waals surface area contributed by atoms with Crippen LogP contribution in [0.1, 0.15) is 15.9 Å². The van der Waals surface area contributed by atoms with E-state index in [-0.39, 0.29) is 11.3 Å². The number of amides is 1. The fourth-order valence-electron chi connectivity index (χ4n) is 1.66. The van der Waals surface area contributed by atoms with Gasteiger partial charge in [0.1, 0.15) is 5.82 Å². The summed E-state index contributed by atoms with van der Waals surface area (Å²) >= 11 is 0. The predicted molar refractivity (Wildman–Crippen MR) is 65.4 cm³/mol. The monoisotopic (exact) mass is 265 g/mol. The fourth-order valence-corrected chi connectivity index (χ4v) is 1.66. The van der Waals surface area contributed by atoms with Crippen LogP contribution in [0.3, 0.4) is 0 Å². The number of nitrogens with one attached hydrogen (secondary N) is 1. The number of hydrogen-bond donors (Lipinski definition) is 1. The van der Waals surface area contributed by atoms with Crippen LogP contribution in [-0.2, 0) is 0 Å². The minimum absolute atomic E-state index is 0.00293. The molecule has 0 bridgehead atoms. The normalized spacial score (nSPS) is 10.3. The summed E-state index contributed by atoms with van der Waals surface area (Å²) in [6.07, 6.45) is 0. The van der Waals surface area contributed by atoms with E-state index in [1.165, 1.54) is 25.1 Å². The Morgan fingerprint density at radius 3 is 2.42 bits per heavy atom. The molecule has 0 aliphatic rings. The van der Waals surface area contributed by atoms with Crippen LogP contribution < -0.4 is 5.32 Å². The van der Waals surface area contributed by atoms with E-state index in [1.54, 1.807) is 0 Å². The molecular formula is C14H10F3NO. The molecule has 2 nitrogen and oxygen atoms in total. The van der Waals surface area contributed by atoms with Gasteiger partial charge in [0, 0.05) is 11.3 Å². The van der Waals surface area contributed by atoms with Crippen molar-refractivity contribution in [3.63, 3.8) is 0 Å². The zero-order chi connectivity index (χ0) is 14.0. The summed E-state index contributed by atoms with van der Waals surface area (Å²) in [4.78, 5) is 11.9. The molecule has 0 heterocycles. The van der Waals surface area contributed by atoms with Crippen LogP contribution in [0.2, 0.25) is 0 Å². The second kappa shape index (κ2) is 5.14. The van der Waals surface area contributed by atoms with Crippen molar-refractivity contribution in [1.82, 2.24) is 0 Å². The highest BCUT2D eigenvalue weighted by molar-refractivity contribution is 6.05. The van der Waals surface area contributed by atoms with Gasteiger partial charge < -0.3 is 5.32 Å². The van der Waals surface area contributed by atoms with Gasteiger partial charge in [0.15, 0.2) is 11.6 Å². The molecule has 0 fully saturated rings. The van der Waals surface area contributed by atoms with Crippen LogP contribution in [0.4, 0.5) is 18.9 Å². The predicted octanol–water partition coefficient (Wildman–Crippen LogP) is 3.66. The second-order valence-electron chi connectivity index (χ2n) is 4.05. The van der Waals surface area contributed by atoms with Crippen molar-refractivity contribution >= 4 is 11.6 Å². The maximum Gasteiger partial charge on any atom is 0.256 e. The van der Waals surface area contributed by atoms with Gasteiger partial charge in [-0.15, -0.1) is 0 Å². The first-order valence-corrected chi connectivity index (χ1v) is 5.50. The van der Waals surface area contributed by atoms with E-state index in [0.717, 1.165) is 18.2 Å². The second-order valence-corrected chi connectivity index (χ2v) is 4.05. The molecule has 0 unspecified atom stereocenters. The summed E-state index contributed by atoms with van der Waals surface area (Å²) in [5, 5.41) is 2.42. The van der Waals surface area contributed by atoms with Crippen LogP contribution in [-0.4, -0.2) is 5.91 Å². The number of anilines is 1. The topological polar surface area (TPSA) is 29.1 Å². The minimum Gasteiger partial charge on any atom is -0.322 e. The molecule has 0 atom stereocenters.